The first-order valence-corrected chi connectivity index (χ1v) is 12.8. The van der Waals surface area contributed by atoms with Crippen LogP contribution in [0.4, 0.5) is 0 Å². The maximum atomic E-state index is 11.0. The number of methoxy groups -OCH3 is 2. The van der Waals surface area contributed by atoms with Crippen LogP contribution >= 0.6 is 23.4 Å². The van der Waals surface area contributed by atoms with Crippen molar-refractivity contribution in [3.63, 3.8) is 0 Å². The Bertz CT molecular complexity index is 1420. The van der Waals surface area contributed by atoms with Gasteiger partial charge >= 0.3 is 5.97 Å². The quantitative estimate of drug-likeness (QED) is 0.304. The van der Waals surface area contributed by atoms with Gasteiger partial charge in [0.15, 0.2) is 11.5 Å². The Hall–Kier alpha value is -3.54. The maximum absolute atomic E-state index is 11.0. The van der Waals surface area contributed by atoms with E-state index in [1.165, 1.54) is 0 Å². The zero-order chi connectivity index (χ0) is 25.9. The lowest BCUT2D eigenvalue weighted by Gasteiger charge is -2.25. The second-order valence-electron chi connectivity index (χ2n) is 8.25. The number of ether oxygens (including phenoxy) is 3. The standard InChI is InChI=1S/C25H24ClN5O5S/c1-34-21-7-3-5-16(24(21)35-2)23-17-13-15(26)8-9-18(17)30-11-4-6-19(30)20(36-23)10-12-31-25(27-28-29-31)37-14-22(32)33/h3-9,11,13,20,23H,10,12,14H2,1-2H3,(H,32,33)/t20-,23-/m1/s1. The minimum Gasteiger partial charge on any atom is -0.493 e. The lowest BCUT2D eigenvalue weighted by Crippen LogP contribution is -2.15. The van der Waals surface area contributed by atoms with Crippen LogP contribution in [0, 0.1) is 0 Å². The van der Waals surface area contributed by atoms with Crippen molar-refractivity contribution in [2.45, 2.75) is 30.3 Å². The van der Waals surface area contributed by atoms with Crippen LogP contribution in [-0.2, 0) is 16.1 Å². The van der Waals surface area contributed by atoms with E-state index in [1.807, 2.05) is 54.7 Å². The molecule has 0 amide bonds. The van der Waals surface area contributed by atoms with E-state index >= 15 is 0 Å². The van der Waals surface area contributed by atoms with Gasteiger partial charge in [0, 0.05) is 28.9 Å². The largest absolute Gasteiger partial charge is 0.493 e. The molecule has 5 rings (SSSR count). The van der Waals surface area contributed by atoms with E-state index < -0.39 is 12.1 Å². The molecule has 0 bridgehead atoms. The van der Waals surface area contributed by atoms with E-state index in [0.29, 0.717) is 34.6 Å². The van der Waals surface area contributed by atoms with Crippen LogP contribution in [0.2, 0.25) is 5.02 Å². The zero-order valence-corrected chi connectivity index (χ0v) is 21.6. The van der Waals surface area contributed by atoms with Crippen molar-refractivity contribution in [3.8, 4) is 17.2 Å². The number of nitrogens with zero attached hydrogens (tertiary/aromatic N) is 5. The first kappa shape index (κ1) is 25.1. The van der Waals surface area contributed by atoms with Crippen LogP contribution < -0.4 is 9.47 Å². The van der Waals surface area contributed by atoms with Gasteiger partial charge in [-0.3, -0.25) is 4.79 Å². The van der Waals surface area contributed by atoms with Gasteiger partial charge in [-0.05, 0) is 53.2 Å². The van der Waals surface area contributed by atoms with Crippen LogP contribution in [0.3, 0.4) is 0 Å². The molecule has 1 N–H and O–H groups in total. The number of carboxylic acids is 1. The first-order valence-electron chi connectivity index (χ1n) is 11.4. The molecule has 10 nitrogen and oxygen atoms in total. The topological polar surface area (TPSA) is 114 Å². The molecular formula is C25H24ClN5O5S. The Kier molecular flexibility index (Phi) is 7.36. The molecule has 0 fully saturated rings. The number of para-hydroxylation sites is 1. The number of carbonyl (C=O) groups is 1. The van der Waals surface area contributed by atoms with Crippen molar-refractivity contribution in [1.29, 1.82) is 0 Å². The van der Waals surface area contributed by atoms with Crippen LogP contribution in [0.25, 0.3) is 5.69 Å². The van der Waals surface area contributed by atoms with Crippen molar-refractivity contribution in [2.24, 2.45) is 0 Å². The normalized spacial score (nSPS) is 16.5. The first-order chi connectivity index (χ1) is 18.0. The highest BCUT2D eigenvalue weighted by molar-refractivity contribution is 7.99. The maximum Gasteiger partial charge on any atom is 0.313 e. The van der Waals surface area contributed by atoms with Crippen molar-refractivity contribution in [1.82, 2.24) is 24.8 Å². The lowest BCUT2D eigenvalue weighted by molar-refractivity contribution is -0.133. The molecule has 4 aromatic rings. The molecule has 1 aliphatic heterocycles. The predicted octanol–water partition coefficient (Wildman–Crippen LogP) is 4.56. The number of hydrogen-bond acceptors (Lipinski definition) is 8. The molecule has 0 radical (unpaired) electrons. The summed E-state index contributed by atoms with van der Waals surface area (Å²) in [6.07, 6.45) is 1.65. The number of aliphatic carboxylic acids is 1. The second-order valence-corrected chi connectivity index (χ2v) is 9.63. The molecule has 3 heterocycles. The monoisotopic (exact) mass is 541 g/mol. The number of benzene rings is 2. The zero-order valence-electron chi connectivity index (χ0n) is 20.1. The van der Waals surface area contributed by atoms with Crippen molar-refractivity contribution >= 4 is 29.3 Å². The van der Waals surface area contributed by atoms with Gasteiger partial charge in [-0.2, -0.15) is 0 Å². The summed E-state index contributed by atoms with van der Waals surface area (Å²) in [4.78, 5) is 11.0. The third kappa shape index (κ3) is 5.02. The molecule has 2 aromatic carbocycles. The third-order valence-electron chi connectivity index (χ3n) is 6.08. The van der Waals surface area contributed by atoms with Crippen molar-refractivity contribution < 1.29 is 24.1 Å². The van der Waals surface area contributed by atoms with Gasteiger partial charge in [0.1, 0.15) is 12.2 Å². The summed E-state index contributed by atoms with van der Waals surface area (Å²) in [5, 5.41) is 21.8. The molecule has 37 heavy (non-hydrogen) atoms. The fourth-order valence-electron chi connectivity index (χ4n) is 4.52. The number of thioether (sulfide) groups is 1. The Morgan fingerprint density at radius 2 is 2.03 bits per heavy atom. The summed E-state index contributed by atoms with van der Waals surface area (Å²) in [5.41, 5.74) is 3.60. The molecule has 0 unspecified atom stereocenters. The van der Waals surface area contributed by atoms with Gasteiger partial charge in [0.25, 0.3) is 0 Å². The minimum atomic E-state index is -0.934. The highest BCUT2D eigenvalue weighted by Crippen LogP contribution is 2.46. The fraction of sp³-hybridized carbons (Fsp3) is 0.280. The van der Waals surface area contributed by atoms with Gasteiger partial charge in [-0.1, -0.05) is 35.5 Å². The summed E-state index contributed by atoms with van der Waals surface area (Å²) < 4.78 is 21.8. The Morgan fingerprint density at radius 3 is 2.81 bits per heavy atom. The smallest absolute Gasteiger partial charge is 0.313 e. The molecule has 0 aliphatic carbocycles. The van der Waals surface area contributed by atoms with E-state index in [1.54, 1.807) is 18.9 Å². The summed E-state index contributed by atoms with van der Waals surface area (Å²) in [7, 11) is 3.20. The minimum absolute atomic E-state index is 0.128. The molecule has 0 spiro atoms. The number of tetrazole rings is 1. The van der Waals surface area contributed by atoms with E-state index in [-0.39, 0.29) is 11.9 Å². The number of aryl methyl sites for hydroxylation is 1. The van der Waals surface area contributed by atoms with E-state index in [2.05, 4.69) is 20.1 Å². The number of rotatable bonds is 9. The van der Waals surface area contributed by atoms with Crippen LogP contribution in [0.1, 0.15) is 35.4 Å². The molecule has 0 saturated carbocycles. The third-order valence-corrected chi connectivity index (χ3v) is 7.26. The van der Waals surface area contributed by atoms with E-state index in [4.69, 9.17) is 30.9 Å². The Morgan fingerprint density at radius 1 is 1.16 bits per heavy atom. The van der Waals surface area contributed by atoms with Gasteiger partial charge in [0.2, 0.25) is 5.16 Å². The summed E-state index contributed by atoms with van der Waals surface area (Å²) in [6, 6.07) is 15.4. The summed E-state index contributed by atoms with van der Waals surface area (Å²) in [5.74, 6) is 0.119. The average Bonchev–Trinajstić information content (AvgIpc) is 3.54. The van der Waals surface area contributed by atoms with Crippen molar-refractivity contribution in [3.05, 3.63) is 76.6 Å². The van der Waals surface area contributed by atoms with Gasteiger partial charge in [0.05, 0.1) is 31.4 Å². The molecule has 1 aliphatic rings. The Balaban J connectivity index is 1.54. The lowest BCUT2D eigenvalue weighted by atomic mass is 9.98. The van der Waals surface area contributed by atoms with Crippen LogP contribution in [0.15, 0.2) is 59.9 Å². The van der Waals surface area contributed by atoms with Crippen LogP contribution in [-0.4, -0.2) is 55.8 Å². The highest BCUT2D eigenvalue weighted by atomic mass is 35.5. The highest BCUT2D eigenvalue weighted by Gasteiger charge is 2.33. The molecule has 2 atom stereocenters. The average molecular weight is 542 g/mol. The van der Waals surface area contributed by atoms with Crippen LogP contribution in [0.5, 0.6) is 11.5 Å². The van der Waals surface area contributed by atoms with Gasteiger partial charge in [-0.25, -0.2) is 4.68 Å². The number of fused-ring (bicyclic) bond motifs is 3. The van der Waals surface area contributed by atoms with Gasteiger partial charge < -0.3 is 23.9 Å². The summed E-state index contributed by atoms with van der Waals surface area (Å²) >= 11 is 7.53. The molecular weight excluding hydrogens is 518 g/mol. The summed E-state index contributed by atoms with van der Waals surface area (Å²) in [6.45, 7) is 0.421. The Labute approximate surface area is 222 Å². The van der Waals surface area contributed by atoms with E-state index in [0.717, 1.165) is 34.3 Å². The molecule has 2 aromatic heterocycles. The molecule has 192 valence electrons. The van der Waals surface area contributed by atoms with Crippen molar-refractivity contribution in [2.75, 3.05) is 20.0 Å². The fourth-order valence-corrected chi connectivity index (χ4v) is 5.32. The van der Waals surface area contributed by atoms with Gasteiger partial charge in [-0.15, -0.1) is 5.10 Å². The molecule has 0 saturated heterocycles. The number of carboxylic acid groups (broad SMARTS) is 1. The SMILES string of the molecule is COc1cccc([C@H]2O[C@H](CCn3nnnc3SCC(=O)O)c3cccn3-c3ccc(Cl)cc32)c1OC. The molecule has 12 heteroatoms. The predicted molar refractivity (Wildman–Crippen MR) is 137 cm³/mol. The number of aromatic nitrogens is 5. The number of halogens is 1. The van der Waals surface area contributed by atoms with E-state index in [9.17, 15) is 4.79 Å². The second kappa shape index (κ2) is 10.8. The number of hydrogen-bond donors (Lipinski definition) is 1.